The van der Waals surface area contributed by atoms with Crippen molar-refractivity contribution in [2.24, 2.45) is 0 Å². The number of epoxide rings is 2. The Balaban J connectivity index is 1.61. The van der Waals surface area contributed by atoms with E-state index in [0.717, 1.165) is 38.6 Å². The van der Waals surface area contributed by atoms with Gasteiger partial charge in [0.15, 0.2) is 0 Å². The molecule has 1 aromatic carbocycles. The summed E-state index contributed by atoms with van der Waals surface area (Å²) in [4.78, 5) is 2.41. The van der Waals surface area contributed by atoms with E-state index in [2.05, 4.69) is 17.0 Å². The minimum Gasteiger partial charge on any atom is -0.497 e. The number of hydrogen-bond acceptors (Lipinski definition) is 4. The van der Waals surface area contributed by atoms with Gasteiger partial charge in [0.2, 0.25) is 0 Å². The first kappa shape index (κ1) is 12.0. The van der Waals surface area contributed by atoms with Gasteiger partial charge in [-0.1, -0.05) is 12.1 Å². The van der Waals surface area contributed by atoms with Crippen LogP contribution < -0.4 is 4.74 Å². The van der Waals surface area contributed by atoms with E-state index in [1.165, 1.54) is 5.56 Å². The van der Waals surface area contributed by atoms with Crippen LogP contribution >= 0.6 is 0 Å². The van der Waals surface area contributed by atoms with E-state index in [9.17, 15) is 0 Å². The second-order valence-corrected chi connectivity index (χ2v) is 4.96. The Morgan fingerprint density at radius 3 is 2.44 bits per heavy atom. The number of hydrogen-bond donors (Lipinski definition) is 0. The zero-order chi connectivity index (χ0) is 12.4. The van der Waals surface area contributed by atoms with Crippen molar-refractivity contribution in [2.75, 3.05) is 33.4 Å². The van der Waals surface area contributed by atoms with Gasteiger partial charge in [-0.2, -0.15) is 0 Å². The van der Waals surface area contributed by atoms with Gasteiger partial charge in [0.1, 0.15) is 5.75 Å². The molecule has 0 spiro atoms. The lowest BCUT2D eigenvalue weighted by molar-refractivity contribution is 0.212. The van der Waals surface area contributed by atoms with Crippen LogP contribution in [-0.4, -0.2) is 50.5 Å². The van der Waals surface area contributed by atoms with Crippen LogP contribution in [0.15, 0.2) is 24.3 Å². The molecule has 2 fully saturated rings. The number of rotatable bonds is 7. The lowest BCUT2D eigenvalue weighted by atomic mass is 10.2. The molecule has 0 bridgehead atoms. The zero-order valence-corrected chi connectivity index (χ0v) is 10.7. The van der Waals surface area contributed by atoms with Gasteiger partial charge in [-0.3, -0.25) is 4.90 Å². The fourth-order valence-corrected chi connectivity index (χ4v) is 2.16. The zero-order valence-electron chi connectivity index (χ0n) is 10.7. The number of nitrogens with zero attached hydrogens (tertiary/aromatic N) is 1. The molecular formula is C14H19NO3. The SMILES string of the molecule is COc1cccc(CN(CC2CO2)CC2CO2)c1. The number of ether oxygens (including phenoxy) is 3. The van der Waals surface area contributed by atoms with Gasteiger partial charge in [-0.15, -0.1) is 0 Å². The Kier molecular flexibility index (Phi) is 3.50. The molecule has 2 aliphatic rings. The van der Waals surface area contributed by atoms with E-state index in [-0.39, 0.29) is 0 Å². The molecular weight excluding hydrogens is 230 g/mol. The van der Waals surface area contributed by atoms with Crippen molar-refractivity contribution in [1.29, 1.82) is 0 Å². The van der Waals surface area contributed by atoms with Crippen LogP contribution in [0.4, 0.5) is 0 Å². The van der Waals surface area contributed by atoms with E-state index in [1.54, 1.807) is 7.11 Å². The molecule has 0 radical (unpaired) electrons. The third kappa shape index (κ3) is 3.45. The molecule has 0 N–H and O–H groups in total. The molecule has 4 heteroatoms. The third-order valence-electron chi connectivity index (χ3n) is 3.27. The molecule has 4 nitrogen and oxygen atoms in total. The molecule has 2 atom stereocenters. The summed E-state index contributed by atoms with van der Waals surface area (Å²) in [6.07, 6.45) is 0.851. The predicted octanol–water partition coefficient (Wildman–Crippen LogP) is 1.29. The highest BCUT2D eigenvalue weighted by Crippen LogP contribution is 2.19. The maximum Gasteiger partial charge on any atom is 0.119 e. The average molecular weight is 249 g/mol. The van der Waals surface area contributed by atoms with E-state index in [1.807, 2.05) is 12.1 Å². The van der Waals surface area contributed by atoms with Gasteiger partial charge in [0.05, 0.1) is 32.5 Å². The van der Waals surface area contributed by atoms with Gasteiger partial charge in [-0.25, -0.2) is 0 Å². The molecule has 0 saturated carbocycles. The number of benzene rings is 1. The largest absolute Gasteiger partial charge is 0.497 e. The summed E-state index contributed by atoms with van der Waals surface area (Å²) in [5.74, 6) is 0.915. The van der Waals surface area contributed by atoms with E-state index < -0.39 is 0 Å². The topological polar surface area (TPSA) is 37.5 Å². The van der Waals surface area contributed by atoms with Crippen molar-refractivity contribution in [1.82, 2.24) is 4.90 Å². The van der Waals surface area contributed by atoms with Crippen LogP contribution in [0, 0.1) is 0 Å². The first-order valence-electron chi connectivity index (χ1n) is 6.42. The summed E-state index contributed by atoms with van der Waals surface area (Å²) in [5.41, 5.74) is 1.27. The van der Waals surface area contributed by atoms with Crippen LogP contribution in [0.5, 0.6) is 5.75 Å². The maximum absolute atomic E-state index is 5.32. The van der Waals surface area contributed by atoms with Crippen LogP contribution in [0.2, 0.25) is 0 Å². The first-order chi connectivity index (χ1) is 8.83. The summed E-state index contributed by atoms with van der Waals surface area (Å²) in [5, 5.41) is 0. The standard InChI is InChI=1S/C14H19NO3/c1-16-12-4-2-3-11(5-12)6-15(7-13-9-17-13)8-14-10-18-14/h2-5,13-14H,6-10H2,1H3. The molecule has 2 unspecified atom stereocenters. The second-order valence-electron chi connectivity index (χ2n) is 4.96. The summed E-state index contributed by atoms with van der Waals surface area (Å²) >= 11 is 0. The minimum atomic E-state index is 0.425. The average Bonchev–Trinajstić information content (AvgIpc) is 3.25. The van der Waals surface area contributed by atoms with Crippen LogP contribution in [0.1, 0.15) is 5.56 Å². The quantitative estimate of drug-likeness (QED) is 0.683. The highest BCUT2D eigenvalue weighted by Gasteiger charge is 2.30. The Morgan fingerprint density at radius 1 is 1.22 bits per heavy atom. The van der Waals surface area contributed by atoms with Crippen molar-refractivity contribution < 1.29 is 14.2 Å². The molecule has 2 saturated heterocycles. The molecule has 0 aromatic heterocycles. The molecule has 0 amide bonds. The van der Waals surface area contributed by atoms with Gasteiger partial charge in [-0.05, 0) is 17.7 Å². The van der Waals surface area contributed by atoms with E-state index in [4.69, 9.17) is 14.2 Å². The van der Waals surface area contributed by atoms with Crippen molar-refractivity contribution in [3.8, 4) is 5.75 Å². The molecule has 2 heterocycles. The van der Waals surface area contributed by atoms with Gasteiger partial charge < -0.3 is 14.2 Å². The molecule has 98 valence electrons. The first-order valence-corrected chi connectivity index (χ1v) is 6.42. The molecule has 2 aliphatic heterocycles. The third-order valence-corrected chi connectivity index (χ3v) is 3.27. The Labute approximate surface area is 107 Å². The molecule has 18 heavy (non-hydrogen) atoms. The van der Waals surface area contributed by atoms with E-state index >= 15 is 0 Å². The molecule has 1 aromatic rings. The number of methoxy groups -OCH3 is 1. The summed E-state index contributed by atoms with van der Waals surface area (Å²) in [6, 6.07) is 8.24. The van der Waals surface area contributed by atoms with Crippen molar-refractivity contribution in [2.45, 2.75) is 18.8 Å². The van der Waals surface area contributed by atoms with Gasteiger partial charge >= 0.3 is 0 Å². The normalized spacial score (nSPS) is 25.2. The lowest BCUT2D eigenvalue weighted by Gasteiger charge is -2.20. The van der Waals surface area contributed by atoms with Crippen molar-refractivity contribution in [3.63, 3.8) is 0 Å². The van der Waals surface area contributed by atoms with Crippen LogP contribution in [0.25, 0.3) is 0 Å². The smallest absolute Gasteiger partial charge is 0.119 e. The summed E-state index contributed by atoms with van der Waals surface area (Å²) < 4.78 is 15.9. The molecule has 0 aliphatic carbocycles. The highest BCUT2D eigenvalue weighted by molar-refractivity contribution is 5.28. The van der Waals surface area contributed by atoms with Crippen LogP contribution in [0.3, 0.4) is 0 Å². The fraction of sp³-hybridized carbons (Fsp3) is 0.571. The predicted molar refractivity (Wildman–Crippen MR) is 67.8 cm³/mol. The lowest BCUT2D eigenvalue weighted by Crippen LogP contribution is -2.31. The van der Waals surface area contributed by atoms with E-state index in [0.29, 0.717) is 12.2 Å². The Morgan fingerprint density at radius 2 is 1.89 bits per heavy atom. The summed E-state index contributed by atoms with van der Waals surface area (Å²) in [6.45, 7) is 4.73. The van der Waals surface area contributed by atoms with Crippen molar-refractivity contribution in [3.05, 3.63) is 29.8 Å². The second kappa shape index (κ2) is 5.26. The van der Waals surface area contributed by atoms with Gasteiger partial charge in [0.25, 0.3) is 0 Å². The Hall–Kier alpha value is -1.10. The Bertz CT molecular complexity index is 388. The maximum atomic E-state index is 5.32. The fourth-order valence-electron chi connectivity index (χ4n) is 2.16. The van der Waals surface area contributed by atoms with Crippen LogP contribution in [-0.2, 0) is 16.0 Å². The van der Waals surface area contributed by atoms with Gasteiger partial charge in [0, 0.05) is 19.6 Å². The van der Waals surface area contributed by atoms with Crippen molar-refractivity contribution >= 4 is 0 Å². The molecule has 3 rings (SSSR count). The highest BCUT2D eigenvalue weighted by atomic mass is 16.6. The summed E-state index contributed by atoms with van der Waals surface area (Å²) in [7, 11) is 1.70. The monoisotopic (exact) mass is 249 g/mol. The minimum absolute atomic E-state index is 0.425.